The van der Waals surface area contributed by atoms with Gasteiger partial charge in [-0.2, -0.15) is 0 Å². The van der Waals surface area contributed by atoms with Gasteiger partial charge in [-0.25, -0.2) is 15.0 Å². The normalized spacial score (nSPS) is 10.4. The van der Waals surface area contributed by atoms with E-state index in [0.717, 1.165) is 5.56 Å². The molecule has 0 saturated heterocycles. The second-order valence-corrected chi connectivity index (χ2v) is 7.44. The van der Waals surface area contributed by atoms with Crippen LogP contribution >= 0.6 is 11.6 Å². The van der Waals surface area contributed by atoms with Gasteiger partial charge in [0.1, 0.15) is 12.1 Å². The van der Waals surface area contributed by atoms with Crippen molar-refractivity contribution in [3.8, 4) is 0 Å². The Morgan fingerprint density at radius 1 is 1.00 bits per heavy atom. The van der Waals surface area contributed by atoms with Crippen LogP contribution in [-0.2, 0) is 6.54 Å². The second-order valence-electron chi connectivity index (χ2n) is 7.00. The molecule has 10 nitrogen and oxygen atoms in total. The van der Waals surface area contributed by atoms with Crippen molar-refractivity contribution in [3.63, 3.8) is 0 Å². The molecule has 170 valence electrons. The summed E-state index contributed by atoms with van der Waals surface area (Å²) >= 11 is 5.93. The average Bonchev–Trinajstić information content (AvgIpc) is 2.86. The highest BCUT2D eigenvalue weighted by molar-refractivity contribution is 6.30. The van der Waals surface area contributed by atoms with Crippen molar-refractivity contribution in [3.05, 3.63) is 112 Å². The lowest BCUT2D eigenvalue weighted by Crippen LogP contribution is -2.30. The van der Waals surface area contributed by atoms with E-state index < -0.39 is 16.5 Å². The van der Waals surface area contributed by atoms with Gasteiger partial charge in [0.05, 0.1) is 11.5 Å². The number of carbonyl (C=O) groups is 1. The van der Waals surface area contributed by atoms with Gasteiger partial charge in [0.15, 0.2) is 0 Å². The maximum atomic E-state index is 12.5. The molecule has 0 unspecified atom stereocenters. The quantitative estimate of drug-likeness (QED) is 0.281. The lowest BCUT2D eigenvalue weighted by Gasteiger charge is -2.23. The Morgan fingerprint density at radius 2 is 1.79 bits per heavy atom. The van der Waals surface area contributed by atoms with Crippen LogP contribution in [0.2, 0.25) is 5.02 Å². The number of nitro groups is 1. The van der Waals surface area contributed by atoms with Crippen LogP contribution in [0, 0.1) is 10.1 Å². The van der Waals surface area contributed by atoms with Crippen LogP contribution in [-0.4, -0.2) is 25.8 Å². The number of halogens is 1. The highest BCUT2D eigenvalue weighted by Crippen LogP contribution is 2.35. The molecule has 1 amide bonds. The number of hydrogen-bond donors (Lipinski definition) is 2. The first-order valence-electron chi connectivity index (χ1n) is 10.1. The molecule has 2 aromatic heterocycles. The smallest absolute Gasteiger partial charge is 0.301 e. The number of hydrogen-bond acceptors (Lipinski definition) is 8. The van der Waals surface area contributed by atoms with Crippen LogP contribution in [0.15, 0.2) is 85.3 Å². The van der Waals surface area contributed by atoms with Crippen molar-refractivity contribution in [2.45, 2.75) is 6.54 Å². The molecule has 0 fully saturated rings. The van der Waals surface area contributed by atoms with Gasteiger partial charge in [0.2, 0.25) is 11.6 Å². The highest BCUT2D eigenvalue weighted by Gasteiger charge is 2.29. The molecule has 4 rings (SSSR count). The molecule has 0 radical (unpaired) electrons. The molecule has 0 saturated carbocycles. The van der Waals surface area contributed by atoms with E-state index in [1.165, 1.54) is 12.4 Å². The molecular formula is C23H18ClN7O3. The molecule has 0 atom stereocenters. The zero-order chi connectivity index (χ0) is 23.9. The Balaban J connectivity index is 1.69. The van der Waals surface area contributed by atoms with Crippen LogP contribution in [0.25, 0.3) is 0 Å². The van der Waals surface area contributed by atoms with Crippen molar-refractivity contribution in [2.75, 3.05) is 10.3 Å². The molecule has 4 aromatic rings. The van der Waals surface area contributed by atoms with Crippen LogP contribution < -0.4 is 15.8 Å². The lowest BCUT2D eigenvalue weighted by atomic mass is 10.2. The summed E-state index contributed by atoms with van der Waals surface area (Å²) in [5, 5.41) is 12.5. The predicted octanol–water partition coefficient (Wildman–Crippen LogP) is 4.53. The summed E-state index contributed by atoms with van der Waals surface area (Å²) in [6, 6.07) is 21.0. The second kappa shape index (κ2) is 10.4. The van der Waals surface area contributed by atoms with Crippen LogP contribution in [0.4, 0.5) is 23.1 Å². The minimum atomic E-state index is -0.607. The summed E-state index contributed by atoms with van der Waals surface area (Å²) in [7, 11) is 0. The average molecular weight is 476 g/mol. The number of nitrogens with zero attached hydrogens (tertiary/aromatic N) is 5. The Morgan fingerprint density at radius 3 is 2.50 bits per heavy atom. The Bertz CT molecular complexity index is 1310. The van der Waals surface area contributed by atoms with E-state index in [4.69, 9.17) is 11.6 Å². The van der Waals surface area contributed by atoms with Crippen molar-refractivity contribution < 1.29 is 9.72 Å². The zero-order valence-corrected chi connectivity index (χ0v) is 18.4. The number of aromatic nitrogens is 3. The molecule has 2 N–H and O–H groups in total. The van der Waals surface area contributed by atoms with E-state index in [2.05, 4.69) is 25.8 Å². The van der Waals surface area contributed by atoms with Crippen molar-refractivity contribution in [1.29, 1.82) is 0 Å². The van der Waals surface area contributed by atoms with Gasteiger partial charge in [-0.1, -0.05) is 54.1 Å². The van der Waals surface area contributed by atoms with E-state index in [0.29, 0.717) is 10.8 Å². The van der Waals surface area contributed by atoms with Gasteiger partial charge < -0.3 is 4.90 Å². The summed E-state index contributed by atoms with van der Waals surface area (Å²) in [6.45, 7) is 0.268. The highest BCUT2D eigenvalue weighted by atomic mass is 35.5. The van der Waals surface area contributed by atoms with Gasteiger partial charge in [0, 0.05) is 16.8 Å². The topological polar surface area (TPSA) is 126 Å². The summed E-state index contributed by atoms with van der Waals surface area (Å²) in [5.41, 5.74) is 5.70. The fourth-order valence-corrected chi connectivity index (χ4v) is 3.38. The summed E-state index contributed by atoms with van der Waals surface area (Å²) < 4.78 is 0. The zero-order valence-electron chi connectivity index (χ0n) is 17.6. The number of pyridine rings is 1. The maximum absolute atomic E-state index is 12.5. The molecular weight excluding hydrogens is 458 g/mol. The fourth-order valence-electron chi connectivity index (χ4n) is 3.19. The first-order chi connectivity index (χ1) is 16.5. The number of benzene rings is 2. The van der Waals surface area contributed by atoms with E-state index >= 15 is 0 Å². The van der Waals surface area contributed by atoms with Crippen molar-refractivity contribution in [1.82, 2.24) is 20.4 Å². The van der Waals surface area contributed by atoms with Crippen molar-refractivity contribution >= 4 is 40.6 Å². The van der Waals surface area contributed by atoms with E-state index in [1.54, 1.807) is 47.5 Å². The van der Waals surface area contributed by atoms with E-state index in [9.17, 15) is 14.9 Å². The fraction of sp³-hybridized carbons (Fsp3) is 0.0435. The molecule has 0 aliphatic carbocycles. The largest absolute Gasteiger partial charge is 0.355 e. The summed E-state index contributed by atoms with van der Waals surface area (Å²) in [6.07, 6.45) is 2.77. The van der Waals surface area contributed by atoms with Gasteiger partial charge >= 0.3 is 5.69 Å². The number of nitrogens with one attached hydrogen (secondary N) is 2. The first-order valence-corrected chi connectivity index (χ1v) is 10.4. The lowest BCUT2D eigenvalue weighted by molar-refractivity contribution is -0.383. The Hall–Kier alpha value is -4.57. The number of amides is 1. The molecule has 0 aliphatic heterocycles. The molecule has 34 heavy (non-hydrogen) atoms. The number of hydrazine groups is 1. The third-order valence-corrected chi connectivity index (χ3v) is 4.97. The number of anilines is 3. The molecule has 0 spiro atoms. The van der Waals surface area contributed by atoms with Crippen LogP contribution in [0.1, 0.15) is 15.9 Å². The van der Waals surface area contributed by atoms with Gasteiger partial charge in [-0.05, 0) is 35.9 Å². The van der Waals surface area contributed by atoms with Crippen molar-refractivity contribution in [2.24, 2.45) is 0 Å². The Labute approximate surface area is 199 Å². The maximum Gasteiger partial charge on any atom is 0.355 e. The molecule has 11 heteroatoms. The van der Waals surface area contributed by atoms with Crippen LogP contribution in [0.3, 0.4) is 0 Å². The molecule has 0 aliphatic rings. The first kappa shape index (κ1) is 22.6. The molecule has 2 heterocycles. The minimum Gasteiger partial charge on any atom is -0.301 e. The predicted molar refractivity (Wildman–Crippen MR) is 128 cm³/mol. The monoisotopic (exact) mass is 475 g/mol. The third-order valence-electron chi connectivity index (χ3n) is 4.73. The molecule has 0 bridgehead atoms. The van der Waals surface area contributed by atoms with Gasteiger partial charge in [-0.15, -0.1) is 0 Å². The summed E-state index contributed by atoms with van der Waals surface area (Å²) in [4.78, 5) is 38.1. The van der Waals surface area contributed by atoms with E-state index in [1.807, 2.05) is 30.3 Å². The number of carbonyl (C=O) groups excluding carboxylic acids is 1. The SMILES string of the molecule is O=C(NNc1ncnc(N(Cc2ccccc2)c2ccccn2)c1[N+](=O)[O-])c1cccc(Cl)c1. The molecule has 2 aromatic carbocycles. The summed E-state index contributed by atoms with van der Waals surface area (Å²) in [5.74, 6) is -0.244. The minimum absolute atomic E-state index is 0.0158. The number of rotatable bonds is 8. The van der Waals surface area contributed by atoms with Crippen LogP contribution in [0.5, 0.6) is 0 Å². The van der Waals surface area contributed by atoms with Gasteiger partial charge in [0.25, 0.3) is 5.91 Å². The van der Waals surface area contributed by atoms with Gasteiger partial charge in [-0.3, -0.25) is 25.8 Å². The standard InChI is InChI=1S/C23H18ClN7O3/c24-18-10-6-9-17(13-18)23(32)29-28-21-20(31(33)34)22(27-15-26-21)30(19-11-4-5-12-25-19)14-16-7-2-1-3-8-16/h1-13,15H,14H2,(H,29,32)(H,26,27,28). The van der Waals surface area contributed by atoms with E-state index in [-0.39, 0.29) is 23.7 Å². The Kier molecular flexibility index (Phi) is 6.89. The third kappa shape index (κ3) is 5.25.